The largest absolute Gasteiger partial charge is 0.497 e. The molecule has 35 heavy (non-hydrogen) atoms. The zero-order valence-corrected chi connectivity index (χ0v) is 20.4. The SMILES string of the molecule is COc1ccc(OC)c(NC(=O)CSc2cn(CCNC(=O)c3ccccc3)c3ccccc23)c1. The molecule has 0 fully saturated rings. The van der Waals surface area contributed by atoms with Crippen LogP contribution in [0.25, 0.3) is 10.9 Å². The molecular formula is C27H27N3O4S. The molecule has 4 aromatic rings. The minimum absolute atomic E-state index is 0.0960. The van der Waals surface area contributed by atoms with Crippen LogP contribution in [0.1, 0.15) is 10.4 Å². The number of carbonyl (C=O) groups is 2. The third kappa shape index (κ3) is 5.96. The maximum atomic E-state index is 12.7. The number of benzene rings is 3. The number of fused-ring (bicyclic) bond motifs is 1. The van der Waals surface area contributed by atoms with E-state index in [2.05, 4.69) is 15.2 Å². The molecule has 0 spiro atoms. The molecule has 0 aliphatic carbocycles. The minimum atomic E-state index is -0.145. The van der Waals surface area contributed by atoms with Crippen LogP contribution in [0.3, 0.4) is 0 Å². The molecule has 180 valence electrons. The molecule has 0 radical (unpaired) electrons. The molecule has 1 aromatic heterocycles. The average molecular weight is 490 g/mol. The number of methoxy groups -OCH3 is 2. The first-order chi connectivity index (χ1) is 17.1. The van der Waals surface area contributed by atoms with E-state index in [1.807, 2.05) is 48.7 Å². The van der Waals surface area contributed by atoms with Gasteiger partial charge in [-0.25, -0.2) is 0 Å². The summed E-state index contributed by atoms with van der Waals surface area (Å²) in [5.41, 5.74) is 2.26. The van der Waals surface area contributed by atoms with Crippen LogP contribution in [0.4, 0.5) is 5.69 Å². The predicted octanol–water partition coefficient (Wildman–Crippen LogP) is 4.82. The van der Waals surface area contributed by atoms with Crippen molar-refractivity contribution < 1.29 is 19.1 Å². The molecule has 0 unspecified atom stereocenters. The first kappa shape index (κ1) is 24.2. The molecular weight excluding hydrogens is 462 g/mol. The number of aromatic nitrogens is 1. The first-order valence-electron chi connectivity index (χ1n) is 11.1. The van der Waals surface area contributed by atoms with Crippen molar-refractivity contribution in [1.82, 2.24) is 9.88 Å². The van der Waals surface area contributed by atoms with Crippen LogP contribution < -0.4 is 20.1 Å². The van der Waals surface area contributed by atoms with Crippen molar-refractivity contribution in [3.05, 3.63) is 84.6 Å². The Morgan fingerprint density at radius 2 is 1.71 bits per heavy atom. The first-order valence-corrected chi connectivity index (χ1v) is 12.1. The van der Waals surface area contributed by atoms with Gasteiger partial charge in [0.2, 0.25) is 5.91 Å². The van der Waals surface area contributed by atoms with Crippen LogP contribution in [0.2, 0.25) is 0 Å². The molecule has 4 rings (SSSR count). The molecule has 2 N–H and O–H groups in total. The monoisotopic (exact) mass is 489 g/mol. The van der Waals surface area contributed by atoms with Gasteiger partial charge in [-0.1, -0.05) is 36.4 Å². The van der Waals surface area contributed by atoms with Crippen molar-refractivity contribution >= 4 is 40.2 Å². The number of para-hydroxylation sites is 1. The van der Waals surface area contributed by atoms with Gasteiger partial charge >= 0.3 is 0 Å². The molecule has 0 saturated heterocycles. The van der Waals surface area contributed by atoms with Gasteiger partial charge in [0.05, 0.1) is 25.7 Å². The standard InChI is InChI=1S/C27H27N3O4S/c1-33-20-12-13-24(34-2)22(16-20)29-26(31)18-35-25-17-30(23-11-7-6-10-21(23)25)15-14-28-27(32)19-8-4-3-5-9-19/h3-13,16-17H,14-15,18H2,1-2H3,(H,28,32)(H,29,31). The number of rotatable bonds is 10. The summed E-state index contributed by atoms with van der Waals surface area (Å²) >= 11 is 1.47. The Bertz CT molecular complexity index is 1320. The van der Waals surface area contributed by atoms with Gasteiger partial charge in [-0.15, -0.1) is 11.8 Å². The summed E-state index contributed by atoms with van der Waals surface area (Å²) in [5, 5.41) is 6.94. The minimum Gasteiger partial charge on any atom is -0.497 e. The summed E-state index contributed by atoms with van der Waals surface area (Å²) in [4.78, 5) is 26.0. The number of anilines is 1. The lowest BCUT2D eigenvalue weighted by Crippen LogP contribution is -2.26. The van der Waals surface area contributed by atoms with Crippen molar-refractivity contribution in [2.45, 2.75) is 11.4 Å². The van der Waals surface area contributed by atoms with E-state index in [9.17, 15) is 9.59 Å². The van der Waals surface area contributed by atoms with E-state index in [1.165, 1.54) is 11.8 Å². The molecule has 0 aliphatic rings. The molecule has 8 heteroatoms. The summed E-state index contributed by atoms with van der Waals surface area (Å²) in [7, 11) is 3.13. The lowest BCUT2D eigenvalue weighted by Gasteiger charge is -2.11. The van der Waals surface area contributed by atoms with E-state index in [0.29, 0.717) is 35.8 Å². The van der Waals surface area contributed by atoms with Crippen molar-refractivity contribution in [2.75, 3.05) is 31.8 Å². The zero-order valence-electron chi connectivity index (χ0n) is 19.6. The van der Waals surface area contributed by atoms with Crippen molar-refractivity contribution in [1.29, 1.82) is 0 Å². The Labute approximate surface area is 208 Å². The Balaban J connectivity index is 1.40. The lowest BCUT2D eigenvalue weighted by molar-refractivity contribution is -0.113. The number of hydrogen-bond donors (Lipinski definition) is 2. The number of ether oxygens (including phenoxy) is 2. The highest BCUT2D eigenvalue weighted by Crippen LogP contribution is 2.32. The van der Waals surface area contributed by atoms with Crippen molar-refractivity contribution in [2.24, 2.45) is 0 Å². The van der Waals surface area contributed by atoms with Crippen molar-refractivity contribution in [3.8, 4) is 11.5 Å². The van der Waals surface area contributed by atoms with Crippen LogP contribution >= 0.6 is 11.8 Å². The number of thioether (sulfide) groups is 1. The third-order valence-corrected chi connectivity index (χ3v) is 6.51. The van der Waals surface area contributed by atoms with Gasteiger partial charge in [-0.2, -0.15) is 0 Å². The normalized spacial score (nSPS) is 10.7. The molecule has 0 saturated carbocycles. The van der Waals surface area contributed by atoms with Crippen LogP contribution in [0.15, 0.2) is 83.9 Å². The second-order valence-corrected chi connectivity index (χ2v) is 8.75. The maximum absolute atomic E-state index is 12.7. The molecule has 0 aliphatic heterocycles. The number of nitrogens with zero attached hydrogens (tertiary/aromatic N) is 1. The second-order valence-electron chi connectivity index (χ2n) is 7.73. The van der Waals surface area contributed by atoms with Crippen LogP contribution in [-0.4, -0.2) is 42.9 Å². The Morgan fingerprint density at radius 1 is 0.943 bits per heavy atom. The number of amides is 2. The fraction of sp³-hybridized carbons (Fsp3) is 0.185. The highest BCUT2D eigenvalue weighted by molar-refractivity contribution is 8.00. The average Bonchev–Trinajstić information content (AvgIpc) is 3.25. The molecule has 0 atom stereocenters. The molecule has 1 heterocycles. The van der Waals surface area contributed by atoms with Gasteiger partial charge in [0.15, 0.2) is 0 Å². The molecule has 3 aromatic carbocycles. The van der Waals surface area contributed by atoms with Gasteiger partial charge in [-0.05, 0) is 30.3 Å². The van der Waals surface area contributed by atoms with Gasteiger partial charge < -0.3 is 24.7 Å². The summed E-state index contributed by atoms with van der Waals surface area (Å²) in [6.45, 7) is 1.11. The topological polar surface area (TPSA) is 81.6 Å². The van der Waals surface area contributed by atoms with E-state index in [4.69, 9.17) is 9.47 Å². The Kier molecular flexibility index (Phi) is 7.95. The van der Waals surface area contributed by atoms with Gasteiger partial charge in [0.25, 0.3) is 5.91 Å². The summed E-state index contributed by atoms with van der Waals surface area (Å²) in [6.07, 6.45) is 2.03. The van der Waals surface area contributed by atoms with Crippen LogP contribution in [-0.2, 0) is 11.3 Å². The number of nitrogens with one attached hydrogen (secondary N) is 2. The highest BCUT2D eigenvalue weighted by Gasteiger charge is 2.13. The number of carbonyl (C=O) groups excluding carboxylic acids is 2. The fourth-order valence-electron chi connectivity index (χ4n) is 3.74. The smallest absolute Gasteiger partial charge is 0.251 e. The van der Waals surface area contributed by atoms with E-state index >= 15 is 0 Å². The van der Waals surface area contributed by atoms with Crippen LogP contribution in [0.5, 0.6) is 11.5 Å². The van der Waals surface area contributed by atoms with E-state index in [-0.39, 0.29) is 17.6 Å². The van der Waals surface area contributed by atoms with E-state index < -0.39 is 0 Å². The van der Waals surface area contributed by atoms with Gasteiger partial charge in [-0.3, -0.25) is 9.59 Å². The zero-order chi connectivity index (χ0) is 24.6. The highest BCUT2D eigenvalue weighted by atomic mass is 32.2. The van der Waals surface area contributed by atoms with Crippen LogP contribution in [0, 0.1) is 0 Å². The third-order valence-electron chi connectivity index (χ3n) is 5.47. The summed E-state index contributed by atoms with van der Waals surface area (Å²) in [6, 6.07) is 22.5. The molecule has 2 amide bonds. The number of hydrogen-bond acceptors (Lipinski definition) is 5. The predicted molar refractivity (Wildman–Crippen MR) is 140 cm³/mol. The summed E-state index contributed by atoms with van der Waals surface area (Å²) < 4.78 is 12.7. The Morgan fingerprint density at radius 3 is 2.49 bits per heavy atom. The van der Waals surface area contributed by atoms with Gasteiger partial charge in [0.1, 0.15) is 11.5 Å². The fourth-order valence-corrected chi connectivity index (χ4v) is 4.62. The second kappa shape index (κ2) is 11.5. The van der Waals surface area contributed by atoms with Crippen molar-refractivity contribution in [3.63, 3.8) is 0 Å². The maximum Gasteiger partial charge on any atom is 0.251 e. The lowest BCUT2D eigenvalue weighted by atomic mass is 10.2. The molecule has 7 nitrogen and oxygen atoms in total. The quantitative estimate of drug-likeness (QED) is 0.312. The summed E-state index contributed by atoms with van der Waals surface area (Å²) in [5.74, 6) is 1.20. The van der Waals surface area contributed by atoms with E-state index in [0.717, 1.165) is 15.8 Å². The van der Waals surface area contributed by atoms with Gasteiger partial charge in [0, 0.05) is 46.7 Å². The molecule has 0 bridgehead atoms. The van der Waals surface area contributed by atoms with E-state index in [1.54, 1.807) is 44.6 Å². The Hall–Kier alpha value is -3.91.